The molecule has 0 unspecified atom stereocenters. The van der Waals surface area contributed by atoms with E-state index in [4.69, 9.17) is 0 Å². The predicted molar refractivity (Wildman–Crippen MR) is 101 cm³/mol. The Morgan fingerprint density at radius 1 is 1.24 bits per heavy atom. The van der Waals surface area contributed by atoms with E-state index in [2.05, 4.69) is 67.0 Å². The van der Waals surface area contributed by atoms with Crippen molar-refractivity contribution in [1.82, 2.24) is 14.8 Å². The lowest BCUT2D eigenvalue weighted by molar-refractivity contribution is -0.111. The van der Waals surface area contributed by atoms with Crippen LogP contribution in [0.4, 0.5) is 5.69 Å². The van der Waals surface area contributed by atoms with Gasteiger partial charge in [0.15, 0.2) is 5.65 Å². The highest BCUT2D eigenvalue weighted by atomic mass is 16.1. The number of nitrogens with one attached hydrogen (secondary N) is 1. The van der Waals surface area contributed by atoms with E-state index in [1.165, 1.54) is 11.6 Å². The molecule has 2 aromatic heterocycles. The molecule has 0 radical (unpaired) electrons. The van der Waals surface area contributed by atoms with Crippen LogP contribution in [0.2, 0.25) is 0 Å². The van der Waals surface area contributed by atoms with Crippen molar-refractivity contribution < 1.29 is 4.79 Å². The molecule has 25 heavy (non-hydrogen) atoms. The highest BCUT2D eigenvalue weighted by Crippen LogP contribution is 2.26. The predicted octanol–water partition coefficient (Wildman–Crippen LogP) is 4.15. The van der Waals surface area contributed by atoms with Crippen molar-refractivity contribution >= 4 is 22.6 Å². The first-order valence-electron chi connectivity index (χ1n) is 8.19. The summed E-state index contributed by atoms with van der Waals surface area (Å²) in [7, 11) is 0. The summed E-state index contributed by atoms with van der Waals surface area (Å²) in [5, 5.41) is 8.25. The molecule has 0 saturated heterocycles. The summed E-state index contributed by atoms with van der Waals surface area (Å²) >= 11 is 0. The number of aromatic nitrogens is 3. The van der Waals surface area contributed by atoms with E-state index in [-0.39, 0.29) is 11.3 Å². The summed E-state index contributed by atoms with van der Waals surface area (Å²) in [5.74, 6) is -0.260. The molecule has 0 aliphatic rings. The third-order valence-corrected chi connectivity index (χ3v) is 4.14. The van der Waals surface area contributed by atoms with Gasteiger partial charge in [0.25, 0.3) is 0 Å². The number of anilines is 1. The Morgan fingerprint density at radius 3 is 2.52 bits per heavy atom. The lowest BCUT2D eigenvalue weighted by atomic mass is 9.87. The maximum Gasteiger partial charge on any atom is 0.247 e. The van der Waals surface area contributed by atoms with Gasteiger partial charge in [-0.1, -0.05) is 39.5 Å². The van der Waals surface area contributed by atoms with Crippen LogP contribution in [0.1, 0.15) is 32.0 Å². The Balaban J connectivity index is 2.03. The van der Waals surface area contributed by atoms with Crippen LogP contribution in [-0.2, 0) is 10.2 Å². The molecule has 3 aromatic rings. The van der Waals surface area contributed by atoms with Crippen molar-refractivity contribution in [1.29, 1.82) is 0 Å². The third kappa shape index (κ3) is 3.31. The molecule has 128 valence electrons. The monoisotopic (exact) mass is 334 g/mol. The van der Waals surface area contributed by atoms with Gasteiger partial charge in [-0.25, -0.2) is 9.67 Å². The van der Waals surface area contributed by atoms with Crippen molar-refractivity contribution in [3.05, 3.63) is 60.4 Å². The minimum Gasteiger partial charge on any atom is -0.321 e. The molecule has 0 aliphatic heterocycles. The van der Waals surface area contributed by atoms with Gasteiger partial charge in [0.1, 0.15) is 0 Å². The lowest BCUT2D eigenvalue weighted by Crippen LogP contribution is -2.11. The van der Waals surface area contributed by atoms with Gasteiger partial charge in [-0.15, -0.1) is 0 Å². The molecule has 0 spiro atoms. The van der Waals surface area contributed by atoms with E-state index in [1.54, 1.807) is 6.20 Å². The molecule has 1 amide bonds. The second-order valence-corrected chi connectivity index (χ2v) is 7.08. The van der Waals surface area contributed by atoms with Crippen LogP contribution in [-0.4, -0.2) is 20.7 Å². The van der Waals surface area contributed by atoms with Crippen molar-refractivity contribution in [3.8, 4) is 5.69 Å². The lowest BCUT2D eigenvalue weighted by Gasteiger charge is -2.19. The van der Waals surface area contributed by atoms with Gasteiger partial charge < -0.3 is 5.32 Å². The molecule has 1 N–H and O–H groups in total. The van der Waals surface area contributed by atoms with Gasteiger partial charge >= 0.3 is 0 Å². The van der Waals surface area contributed by atoms with Crippen molar-refractivity contribution in [2.24, 2.45) is 0 Å². The van der Waals surface area contributed by atoms with Crippen LogP contribution >= 0.6 is 0 Å². The fourth-order valence-corrected chi connectivity index (χ4v) is 2.69. The molecular weight excluding hydrogens is 312 g/mol. The summed E-state index contributed by atoms with van der Waals surface area (Å²) in [4.78, 5) is 16.0. The fourth-order valence-electron chi connectivity index (χ4n) is 2.69. The van der Waals surface area contributed by atoms with Gasteiger partial charge in [0.2, 0.25) is 5.91 Å². The Hall–Kier alpha value is -2.95. The summed E-state index contributed by atoms with van der Waals surface area (Å²) in [5.41, 5.74) is 4.59. The average molecular weight is 334 g/mol. The smallest absolute Gasteiger partial charge is 0.247 e. The SMILES string of the molecule is C=CC(=O)Nc1cnc2c(c1)c(C)nn2-c1ccc(C(C)(C)C)cc1. The maximum atomic E-state index is 11.5. The Morgan fingerprint density at radius 2 is 1.92 bits per heavy atom. The van der Waals surface area contributed by atoms with Crippen LogP contribution in [0.3, 0.4) is 0 Å². The van der Waals surface area contributed by atoms with Crippen LogP contribution in [0, 0.1) is 6.92 Å². The van der Waals surface area contributed by atoms with E-state index in [9.17, 15) is 4.79 Å². The molecule has 3 rings (SSSR count). The van der Waals surface area contributed by atoms with Gasteiger partial charge in [-0.05, 0) is 42.2 Å². The van der Waals surface area contributed by atoms with Gasteiger partial charge in [-0.2, -0.15) is 5.10 Å². The number of pyridine rings is 1. The summed E-state index contributed by atoms with van der Waals surface area (Å²) in [6, 6.07) is 10.2. The number of carbonyl (C=O) groups is 1. The first-order valence-corrected chi connectivity index (χ1v) is 8.19. The first kappa shape index (κ1) is 16.9. The normalized spacial score (nSPS) is 11.5. The number of fused-ring (bicyclic) bond motifs is 1. The third-order valence-electron chi connectivity index (χ3n) is 4.14. The van der Waals surface area contributed by atoms with Crippen LogP contribution < -0.4 is 5.32 Å². The molecule has 5 heteroatoms. The highest BCUT2D eigenvalue weighted by Gasteiger charge is 2.15. The molecule has 5 nitrogen and oxygen atoms in total. The van der Waals surface area contributed by atoms with E-state index in [1.807, 2.05) is 17.7 Å². The van der Waals surface area contributed by atoms with E-state index in [0.29, 0.717) is 5.69 Å². The van der Waals surface area contributed by atoms with E-state index < -0.39 is 0 Å². The molecule has 0 aliphatic carbocycles. The molecule has 0 saturated carbocycles. The zero-order valence-electron chi connectivity index (χ0n) is 15.0. The minimum atomic E-state index is -0.260. The van der Waals surface area contributed by atoms with Crippen molar-refractivity contribution in [3.63, 3.8) is 0 Å². The fraction of sp³-hybridized carbons (Fsp3) is 0.250. The summed E-state index contributed by atoms with van der Waals surface area (Å²) < 4.78 is 1.83. The van der Waals surface area contributed by atoms with Gasteiger partial charge in [0.05, 0.1) is 23.3 Å². The maximum absolute atomic E-state index is 11.5. The number of rotatable bonds is 3. The van der Waals surface area contributed by atoms with E-state index in [0.717, 1.165) is 22.4 Å². The number of amides is 1. The second-order valence-electron chi connectivity index (χ2n) is 7.08. The molecule has 0 atom stereocenters. The molecule has 0 bridgehead atoms. The molecule has 1 aromatic carbocycles. The zero-order valence-corrected chi connectivity index (χ0v) is 15.0. The topological polar surface area (TPSA) is 59.8 Å². The average Bonchev–Trinajstić information content (AvgIpc) is 2.90. The largest absolute Gasteiger partial charge is 0.321 e. The summed E-state index contributed by atoms with van der Waals surface area (Å²) in [6.45, 7) is 12.0. The number of aryl methyl sites for hydroxylation is 1. The minimum absolute atomic E-state index is 0.108. The molecule has 2 heterocycles. The number of hydrogen-bond donors (Lipinski definition) is 1. The summed E-state index contributed by atoms with van der Waals surface area (Å²) in [6.07, 6.45) is 2.86. The standard InChI is InChI=1S/C20H22N4O/c1-6-18(25)22-15-11-17-13(2)23-24(19(17)21-12-15)16-9-7-14(8-10-16)20(3,4)5/h6-12H,1H2,2-5H3,(H,22,25). The number of carbonyl (C=O) groups excluding carboxylic acids is 1. The molecular formula is C20H22N4O. The zero-order chi connectivity index (χ0) is 18.2. The Labute approximate surface area is 147 Å². The molecule has 0 fully saturated rings. The Kier molecular flexibility index (Phi) is 4.17. The van der Waals surface area contributed by atoms with Gasteiger partial charge in [-0.3, -0.25) is 4.79 Å². The van der Waals surface area contributed by atoms with Crippen LogP contribution in [0.15, 0.2) is 49.2 Å². The van der Waals surface area contributed by atoms with Gasteiger partial charge in [0, 0.05) is 5.39 Å². The van der Waals surface area contributed by atoms with Crippen LogP contribution in [0.25, 0.3) is 16.7 Å². The number of benzene rings is 1. The second kappa shape index (κ2) is 6.16. The highest BCUT2D eigenvalue weighted by molar-refractivity contribution is 6.00. The van der Waals surface area contributed by atoms with Crippen molar-refractivity contribution in [2.45, 2.75) is 33.1 Å². The van der Waals surface area contributed by atoms with E-state index >= 15 is 0 Å². The first-order chi connectivity index (χ1) is 11.8. The Bertz CT molecular complexity index is 946. The number of hydrogen-bond acceptors (Lipinski definition) is 3. The van der Waals surface area contributed by atoms with Crippen molar-refractivity contribution in [2.75, 3.05) is 5.32 Å². The van der Waals surface area contributed by atoms with Crippen LogP contribution in [0.5, 0.6) is 0 Å². The quantitative estimate of drug-likeness (QED) is 0.732. The number of nitrogens with zero attached hydrogens (tertiary/aromatic N) is 3.